The van der Waals surface area contributed by atoms with Crippen LogP contribution in [0.2, 0.25) is 0 Å². The number of fused-ring (bicyclic) bond motifs is 1. The second-order valence-electron chi connectivity index (χ2n) is 5.80. The molecule has 1 N–H and O–H groups in total. The van der Waals surface area contributed by atoms with Gasteiger partial charge in [-0.25, -0.2) is 4.79 Å². The summed E-state index contributed by atoms with van der Waals surface area (Å²) in [6, 6.07) is 13.8. The zero-order valence-electron chi connectivity index (χ0n) is 14.2. The van der Waals surface area contributed by atoms with Crippen LogP contribution >= 0.6 is 11.3 Å². The number of carbonyl (C=O) groups is 2. The van der Waals surface area contributed by atoms with Crippen molar-refractivity contribution in [2.24, 2.45) is 0 Å². The van der Waals surface area contributed by atoms with Crippen LogP contribution in [0.15, 0.2) is 42.5 Å². The second-order valence-corrected chi connectivity index (χ2v) is 7.09. The smallest absolute Gasteiger partial charge is 0.354 e. The van der Waals surface area contributed by atoms with E-state index in [-0.39, 0.29) is 12.5 Å². The lowest BCUT2D eigenvalue weighted by atomic mass is 10.1. The fraction of sp³-hybridized carbons (Fsp3) is 0.263. The molecule has 1 amide bonds. The van der Waals surface area contributed by atoms with Gasteiger partial charge in [0.25, 0.3) is 0 Å². The van der Waals surface area contributed by atoms with Gasteiger partial charge in [0.15, 0.2) is 0 Å². The fourth-order valence-electron chi connectivity index (χ4n) is 2.80. The monoisotopic (exact) mass is 356 g/mol. The average molecular weight is 356 g/mol. The first-order valence-corrected chi connectivity index (χ1v) is 8.88. The molecule has 0 atom stereocenters. The number of hydrogen-bond acceptors (Lipinski definition) is 4. The maximum atomic E-state index is 12.3. The molecule has 3 aromatic rings. The minimum atomic E-state index is -0.432. The molecule has 6 heteroatoms. The summed E-state index contributed by atoms with van der Waals surface area (Å²) in [5, 5.41) is 2.92. The molecule has 2 heterocycles. The van der Waals surface area contributed by atoms with E-state index in [1.807, 2.05) is 43.3 Å². The molecule has 0 saturated heterocycles. The molecule has 3 rings (SSSR count). The Labute approximate surface area is 150 Å². The number of aromatic nitrogens is 1. The lowest BCUT2D eigenvalue weighted by Crippen LogP contribution is -2.30. The Bertz CT molecular complexity index is 896. The summed E-state index contributed by atoms with van der Waals surface area (Å²) in [5.74, 6) is -0.555. The fourth-order valence-corrected chi connectivity index (χ4v) is 3.76. The van der Waals surface area contributed by atoms with Crippen LogP contribution in [0, 0.1) is 6.92 Å². The highest BCUT2D eigenvalue weighted by atomic mass is 32.1. The molecule has 2 aromatic heterocycles. The molecule has 5 nitrogen and oxygen atoms in total. The average Bonchev–Trinajstić information content (AvgIpc) is 3.12. The molecule has 130 valence electrons. The van der Waals surface area contributed by atoms with E-state index in [0.29, 0.717) is 12.2 Å². The highest BCUT2D eigenvalue weighted by Gasteiger charge is 2.19. The van der Waals surface area contributed by atoms with Gasteiger partial charge in [-0.1, -0.05) is 30.3 Å². The molecule has 0 aliphatic carbocycles. The number of nitrogens with one attached hydrogen (secondary N) is 1. The Morgan fingerprint density at radius 1 is 1.20 bits per heavy atom. The molecule has 0 spiro atoms. The Balaban J connectivity index is 1.70. The Morgan fingerprint density at radius 2 is 1.96 bits per heavy atom. The van der Waals surface area contributed by atoms with Gasteiger partial charge in [-0.05, 0) is 31.0 Å². The number of thiophene rings is 1. The molecule has 25 heavy (non-hydrogen) atoms. The van der Waals surface area contributed by atoms with Gasteiger partial charge in [-0.3, -0.25) is 4.79 Å². The van der Waals surface area contributed by atoms with Gasteiger partial charge in [0.05, 0.1) is 17.3 Å². The molecule has 0 radical (unpaired) electrons. The summed E-state index contributed by atoms with van der Waals surface area (Å²) in [5.41, 5.74) is 2.47. The van der Waals surface area contributed by atoms with Crippen LogP contribution in [0.5, 0.6) is 0 Å². The predicted octanol–water partition coefficient (Wildman–Crippen LogP) is 3.16. The first-order chi connectivity index (χ1) is 12.1. The van der Waals surface area contributed by atoms with E-state index in [9.17, 15) is 9.59 Å². The van der Waals surface area contributed by atoms with Gasteiger partial charge in [-0.15, -0.1) is 11.3 Å². The summed E-state index contributed by atoms with van der Waals surface area (Å²) in [6.07, 6.45) is 0.773. The van der Waals surface area contributed by atoms with Crippen LogP contribution in [0.1, 0.15) is 20.9 Å². The third kappa shape index (κ3) is 3.91. The van der Waals surface area contributed by atoms with Crippen LogP contribution in [-0.4, -0.2) is 30.1 Å². The maximum absolute atomic E-state index is 12.3. The topological polar surface area (TPSA) is 60.3 Å². The Kier molecular flexibility index (Phi) is 5.19. The minimum absolute atomic E-state index is 0.0961. The van der Waals surface area contributed by atoms with Gasteiger partial charge in [0, 0.05) is 11.4 Å². The van der Waals surface area contributed by atoms with Gasteiger partial charge >= 0.3 is 5.97 Å². The highest BCUT2D eigenvalue weighted by molar-refractivity contribution is 7.19. The van der Waals surface area contributed by atoms with Crippen molar-refractivity contribution in [1.82, 2.24) is 9.88 Å². The van der Waals surface area contributed by atoms with Crippen molar-refractivity contribution < 1.29 is 14.3 Å². The van der Waals surface area contributed by atoms with Gasteiger partial charge in [-0.2, -0.15) is 0 Å². The third-order valence-electron chi connectivity index (χ3n) is 3.99. The van der Waals surface area contributed by atoms with Crippen molar-refractivity contribution in [2.75, 3.05) is 13.7 Å². The molecule has 1 aromatic carbocycles. The maximum Gasteiger partial charge on any atom is 0.354 e. The van der Waals surface area contributed by atoms with E-state index >= 15 is 0 Å². The normalized spacial score (nSPS) is 10.8. The predicted molar refractivity (Wildman–Crippen MR) is 99.0 cm³/mol. The zero-order chi connectivity index (χ0) is 17.8. The summed E-state index contributed by atoms with van der Waals surface area (Å²) in [6.45, 7) is 2.66. The summed E-state index contributed by atoms with van der Waals surface area (Å²) < 4.78 is 7.55. The number of rotatable bonds is 6. The number of benzene rings is 1. The van der Waals surface area contributed by atoms with Crippen LogP contribution in [0.3, 0.4) is 0 Å². The number of carbonyl (C=O) groups excluding carboxylic acids is 2. The first kappa shape index (κ1) is 17.2. The number of nitrogens with zero attached hydrogens (tertiary/aromatic N) is 1. The van der Waals surface area contributed by atoms with Crippen molar-refractivity contribution in [2.45, 2.75) is 19.9 Å². The van der Waals surface area contributed by atoms with E-state index in [4.69, 9.17) is 4.74 Å². The number of amides is 1. The van der Waals surface area contributed by atoms with Crippen molar-refractivity contribution in [3.63, 3.8) is 0 Å². The van der Waals surface area contributed by atoms with E-state index < -0.39 is 5.97 Å². The molecule has 0 saturated carbocycles. The molecule has 0 aliphatic rings. The van der Waals surface area contributed by atoms with Crippen molar-refractivity contribution >= 4 is 33.4 Å². The number of methoxy groups -OCH3 is 1. The SMILES string of the molecule is COC(=O)c1cc2sc(C)cc2n1CC(=O)NCCc1ccccc1. The zero-order valence-corrected chi connectivity index (χ0v) is 15.1. The summed E-state index contributed by atoms with van der Waals surface area (Å²) in [4.78, 5) is 25.5. The number of aryl methyl sites for hydroxylation is 1. The lowest BCUT2D eigenvalue weighted by Gasteiger charge is -2.10. The summed E-state index contributed by atoms with van der Waals surface area (Å²) >= 11 is 1.60. The van der Waals surface area contributed by atoms with Gasteiger partial charge < -0.3 is 14.6 Å². The van der Waals surface area contributed by atoms with Crippen LogP contribution in [0.25, 0.3) is 10.2 Å². The lowest BCUT2D eigenvalue weighted by molar-refractivity contribution is -0.121. The van der Waals surface area contributed by atoms with Crippen LogP contribution in [-0.2, 0) is 22.5 Å². The number of ether oxygens (including phenoxy) is 1. The quantitative estimate of drug-likeness (QED) is 0.690. The Hall–Kier alpha value is -2.60. The van der Waals surface area contributed by atoms with Crippen molar-refractivity contribution in [1.29, 1.82) is 0 Å². The van der Waals surface area contributed by atoms with Crippen LogP contribution in [0.4, 0.5) is 0 Å². The van der Waals surface area contributed by atoms with Gasteiger partial charge in [0.1, 0.15) is 12.2 Å². The van der Waals surface area contributed by atoms with Crippen molar-refractivity contribution in [3.8, 4) is 0 Å². The minimum Gasteiger partial charge on any atom is -0.464 e. The number of hydrogen-bond donors (Lipinski definition) is 1. The molecular formula is C19H20N2O3S. The molecule has 0 bridgehead atoms. The standard InChI is InChI=1S/C19H20N2O3S/c1-13-10-15-17(25-13)11-16(19(23)24-2)21(15)12-18(22)20-9-8-14-6-4-3-5-7-14/h3-7,10-11H,8-9,12H2,1-2H3,(H,20,22). The van der Waals surface area contributed by atoms with E-state index in [2.05, 4.69) is 5.32 Å². The van der Waals surface area contributed by atoms with Crippen LogP contribution < -0.4 is 5.32 Å². The highest BCUT2D eigenvalue weighted by Crippen LogP contribution is 2.29. The molecule has 0 fully saturated rings. The molecular weight excluding hydrogens is 336 g/mol. The van der Waals surface area contributed by atoms with E-state index in [0.717, 1.165) is 21.5 Å². The largest absolute Gasteiger partial charge is 0.464 e. The molecule has 0 aliphatic heterocycles. The summed E-state index contributed by atoms with van der Waals surface area (Å²) in [7, 11) is 1.35. The molecule has 0 unspecified atom stereocenters. The number of esters is 1. The Morgan fingerprint density at radius 3 is 2.68 bits per heavy atom. The van der Waals surface area contributed by atoms with Crippen molar-refractivity contribution in [3.05, 3.63) is 58.6 Å². The van der Waals surface area contributed by atoms with E-state index in [1.165, 1.54) is 12.7 Å². The third-order valence-corrected chi connectivity index (χ3v) is 4.97. The van der Waals surface area contributed by atoms with Gasteiger partial charge in [0.2, 0.25) is 5.91 Å². The first-order valence-electron chi connectivity index (χ1n) is 8.07. The second kappa shape index (κ2) is 7.53. The van der Waals surface area contributed by atoms with E-state index in [1.54, 1.807) is 22.0 Å².